The second-order valence-electron chi connectivity index (χ2n) is 6.66. The number of likely N-dealkylation sites (tertiary alicyclic amines) is 1. The Hall–Kier alpha value is -2.40. The number of carboxylic acid groups (broad SMARTS) is 1. The normalized spacial score (nSPS) is 17.6. The molecule has 132 valence electrons. The third-order valence-electron chi connectivity index (χ3n) is 5.03. The molecule has 1 aromatic carbocycles. The van der Waals surface area contributed by atoms with Gasteiger partial charge >= 0.3 is 5.97 Å². The van der Waals surface area contributed by atoms with E-state index in [0.29, 0.717) is 5.56 Å². The molecule has 1 fully saturated rings. The average Bonchev–Trinajstić information content (AvgIpc) is 3.06. The van der Waals surface area contributed by atoms with Crippen molar-refractivity contribution in [3.05, 3.63) is 58.4 Å². The van der Waals surface area contributed by atoms with Gasteiger partial charge in [0.2, 0.25) is 0 Å². The largest absolute Gasteiger partial charge is 0.496 e. The van der Waals surface area contributed by atoms with Gasteiger partial charge in [-0.1, -0.05) is 18.2 Å². The van der Waals surface area contributed by atoms with E-state index < -0.39 is 5.97 Å². The minimum absolute atomic E-state index is 0.250. The van der Waals surface area contributed by atoms with E-state index in [1.807, 2.05) is 32.2 Å². The Kier molecular flexibility index (Phi) is 5.04. The Balaban J connectivity index is 1.76. The Labute approximate surface area is 148 Å². The molecule has 0 saturated carbocycles. The highest BCUT2D eigenvalue weighted by atomic mass is 16.5. The van der Waals surface area contributed by atoms with Gasteiger partial charge in [-0.3, -0.25) is 9.88 Å². The van der Waals surface area contributed by atoms with Gasteiger partial charge in [0.15, 0.2) is 0 Å². The topological polar surface area (TPSA) is 62.7 Å². The summed E-state index contributed by atoms with van der Waals surface area (Å²) in [5, 5.41) is 9.41. The number of hydrogen-bond donors (Lipinski definition) is 1. The summed E-state index contributed by atoms with van der Waals surface area (Å²) in [6, 6.07) is 7.33. The van der Waals surface area contributed by atoms with Gasteiger partial charge < -0.3 is 9.84 Å². The van der Waals surface area contributed by atoms with Gasteiger partial charge in [0.05, 0.1) is 18.4 Å². The highest BCUT2D eigenvalue weighted by Crippen LogP contribution is 2.31. The first kappa shape index (κ1) is 17.4. The molecule has 1 aromatic heterocycles. The third kappa shape index (κ3) is 3.51. The molecule has 1 saturated heterocycles. The van der Waals surface area contributed by atoms with Crippen molar-refractivity contribution in [3.8, 4) is 5.75 Å². The minimum atomic E-state index is -0.852. The van der Waals surface area contributed by atoms with Crippen LogP contribution in [0, 0.1) is 13.8 Å². The monoisotopic (exact) mass is 340 g/mol. The molecule has 2 heterocycles. The van der Waals surface area contributed by atoms with Gasteiger partial charge in [-0.25, -0.2) is 4.79 Å². The summed E-state index contributed by atoms with van der Waals surface area (Å²) < 4.78 is 5.49. The summed E-state index contributed by atoms with van der Waals surface area (Å²) in [5.74, 6) is 0.298. The average molecular weight is 340 g/mol. The molecular formula is C20H24N2O3. The molecule has 3 rings (SSSR count). The second kappa shape index (κ2) is 7.23. The smallest absolute Gasteiger partial charge is 0.335 e. The highest BCUT2D eigenvalue weighted by Gasteiger charge is 2.27. The molecule has 0 unspecified atom stereocenters. The molecule has 0 bridgehead atoms. The van der Waals surface area contributed by atoms with Gasteiger partial charge in [0.25, 0.3) is 0 Å². The number of carbonyl (C=O) groups is 1. The first-order chi connectivity index (χ1) is 12.0. The molecule has 1 aliphatic heterocycles. The Morgan fingerprint density at radius 1 is 1.36 bits per heavy atom. The number of aryl methyl sites for hydroxylation is 1. The van der Waals surface area contributed by atoms with Crippen molar-refractivity contribution in [2.24, 2.45) is 0 Å². The zero-order chi connectivity index (χ0) is 18.0. The Bertz CT molecular complexity index is 789. The number of benzene rings is 1. The summed E-state index contributed by atoms with van der Waals surface area (Å²) in [6.07, 6.45) is 2.82. The van der Waals surface area contributed by atoms with E-state index in [1.165, 1.54) is 0 Å². The minimum Gasteiger partial charge on any atom is -0.496 e. The van der Waals surface area contributed by atoms with E-state index in [0.717, 1.165) is 54.2 Å². The number of hydrogen-bond acceptors (Lipinski definition) is 4. The van der Waals surface area contributed by atoms with Crippen LogP contribution >= 0.6 is 0 Å². The molecule has 1 N–H and O–H groups in total. The molecule has 2 aromatic rings. The summed E-state index contributed by atoms with van der Waals surface area (Å²) >= 11 is 0. The van der Waals surface area contributed by atoms with Crippen LogP contribution in [-0.4, -0.2) is 41.2 Å². The lowest BCUT2D eigenvalue weighted by Crippen LogP contribution is -2.21. The number of aromatic carboxylic acids is 1. The summed E-state index contributed by atoms with van der Waals surface area (Å²) in [5.41, 5.74) is 4.49. The van der Waals surface area contributed by atoms with Crippen LogP contribution in [0.1, 0.15) is 45.1 Å². The number of ether oxygens (including phenoxy) is 1. The summed E-state index contributed by atoms with van der Waals surface area (Å²) in [6.45, 7) is 6.59. The number of nitrogens with zero attached hydrogens (tertiary/aromatic N) is 2. The van der Waals surface area contributed by atoms with Crippen LogP contribution in [0.15, 0.2) is 30.5 Å². The van der Waals surface area contributed by atoms with E-state index >= 15 is 0 Å². The van der Waals surface area contributed by atoms with Crippen molar-refractivity contribution in [1.82, 2.24) is 9.88 Å². The van der Waals surface area contributed by atoms with Crippen LogP contribution in [0.25, 0.3) is 0 Å². The molecule has 25 heavy (non-hydrogen) atoms. The van der Waals surface area contributed by atoms with E-state index in [-0.39, 0.29) is 5.92 Å². The van der Waals surface area contributed by atoms with Gasteiger partial charge in [-0.2, -0.15) is 0 Å². The maximum atomic E-state index is 11.5. The Morgan fingerprint density at radius 2 is 2.12 bits per heavy atom. The fraction of sp³-hybridized carbons (Fsp3) is 0.400. The lowest BCUT2D eigenvalue weighted by Gasteiger charge is -2.19. The predicted molar refractivity (Wildman–Crippen MR) is 96.3 cm³/mol. The molecule has 5 heteroatoms. The van der Waals surface area contributed by atoms with E-state index in [2.05, 4.69) is 9.88 Å². The molecule has 0 amide bonds. The predicted octanol–water partition coefficient (Wildman–Crippen LogP) is 3.39. The van der Waals surface area contributed by atoms with E-state index in [4.69, 9.17) is 4.74 Å². The van der Waals surface area contributed by atoms with Crippen LogP contribution in [0.5, 0.6) is 5.75 Å². The van der Waals surface area contributed by atoms with Crippen molar-refractivity contribution in [2.75, 3.05) is 20.2 Å². The maximum Gasteiger partial charge on any atom is 0.335 e. The Morgan fingerprint density at radius 3 is 2.84 bits per heavy atom. The standard InChI is InChI=1S/C20H24N2O3/c1-13-10-21-18(14(2)19(13)25-3)12-22-9-8-15(11-22)16-6-4-5-7-17(16)20(23)24/h4-7,10,15H,8-9,11-12H2,1-3H3,(H,23,24)/t15-/m1/s1. The fourth-order valence-corrected chi connectivity index (χ4v) is 3.72. The van der Waals surface area contributed by atoms with E-state index in [9.17, 15) is 9.90 Å². The first-order valence-corrected chi connectivity index (χ1v) is 8.55. The second-order valence-corrected chi connectivity index (χ2v) is 6.66. The third-order valence-corrected chi connectivity index (χ3v) is 5.03. The van der Waals surface area contributed by atoms with Gasteiger partial charge in [0, 0.05) is 30.4 Å². The first-order valence-electron chi connectivity index (χ1n) is 8.55. The highest BCUT2D eigenvalue weighted by molar-refractivity contribution is 5.89. The number of aromatic nitrogens is 1. The van der Waals surface area contributed by atoms with Crippen molar-refractivity contribution in [1.29, 1.82) is 0 Å². The molecular weight excluding hydrogens is 316 g/mol. The lowest BCUT2D eigenvalue weighted by molar-refractivity contribution is 0.0695. The molecule has 1 atom stereocenters. The molecule has 0 radical (unpaired) electrons. The number of pyridine rings is 1. The van der Waals surface area contributed by atoms with Crippen molar-refractivity contribution in [3.63, 3.8) is 0 Å². The summed E-state index contributed by atoms with van der Waals surface area (Å²) in [7, 11) is 1.69. The van der Waals surface area contributed by atoms with Crippen molar-refractivity contribution >= 4 is 5.97 Å². The summed E-state index contributed by atoms with van der Waals surface area (Å²) in [4.78, 5) is 18.4. The van der Waals surface area contributed by atoms with Crippen LogP contribution < -0.4 is 4.74 Å². The SMILES string of the molecule is COc1c(C)cnc(CN2CC[C@@H](c3ccccc3C(=O)O)C2)c1C. The maximum absolute atomic E-state index is 11.5. The number of methoxy groups -OCH3 is 1. The van der Waals surface area contributed by atoms with Crippen LogP contribution in [0.3, 0.4) is 0 Å². The van der Waals surface area contributed by atoms with Crippen LogP contribution in [0.4, 0.5) is 0 Å². The number of rotatable bonds is 5. The van der Waals surface area contributed by atoms with Crippen molar-refractivity contribution < 1.29 is 14.6 Å². The molecule has 0 spiro atoms. The van der Waals surface area contributed by atoms with E-state index in [1.54, 1.807) is 19.2 Å². The van der Waals surface area contributed by atoms with Crippen LogP contribution in [0.2, 0.25) is 0 Å². The van der Waals surface area contributed by atoms with Gasteiger partial charge in [-0.15, -0.1) is 0 Å². The van der Waals surface area contributed by atoms with Crippen LogP contribution in [-0.2, 0) is 6.54 Å². The zero-order valence-corrected chi connectivity index (χ0v) is 15.0. The van der Waals surface area contributed by atoms with Gasteiger partial charge in [0.1, 0.15) is 5.75 Å². The van der Waals surface area contributed by atoms with Crippen molar-refractivity contribution in [2.45, 2.75) is 32.7 Å². The fourth-order valence-electron chi connectivity index (χ4n) is 3.72. The number of carboxylic acids is 1. The van der Waals surface area contributed by atoms with Gasteiger partial charge in [-0.05, 0) is 44.4 Å². The zero-order valence-electron chi connectivity index (χ0n) is 15.0. The quantitative estimate of drug-likeness (QED) is 0.904. The molecule has 5 nitrogen and oxygen atoms in total. The molecule has 0 aliphatic carbocycles. The lowest BCUT2D eigenvalue weighted by atomic mass is 9.93. The molecule has 1 aliphatic rings.